The number of benzene rings is 2. The van der Waals surface area contributed by atoms with Crippen LogP contribution in [0.2, 0.25) is 0 Å². The van der Waals surface area contributed by atoms with Crippen molar-refractivity contribution in [3.63, 3.8) is 0 Å². The van der Waals surface area contributed by atoms with Crippen molar-refractivity contribution in [3.8, 4) is 11.1 Å². The molecule has 33 heavy (non-hydrogen) atoms. The Kier molecular flexibility index (Phi) is 4.82. The predicted octanol–water partition coefficient (Wildman–Crippen LogP) is 4.74. The summed E-state index contributed by atoms with van der Waals surface area (Å²) in [5, 5.41) is 10.1. The van der Waals surface area contributed by atoms with Gasteiger partial charge < -0.3 is 16.0 Å². The molecule has 0 unspecified atom stereocenters. The van der Waals surface area contributed by atoms with Crippen LogP contribution in [0.25, 0.3) is 21.3 Å². The van der Waals surface area contributed by atoms with Crippen LogP contribution in [0, 0.1) is 0 Å². The van der Waals surface area contributed by atoms with E-state index in [9.17, 15) is 9.59 Å². The van der Waals surface area contributed by atoms with E-state index in [4.69, 9.17) is 0 Å². The highest BCUT2D eigenvalue weighted by Gasteiger charge is 2.33. The number of hydrogen-bond acceptors (Lipinski definition) is 5. The molecule has 0 bridgehead atoms. The van der Waals surface area contributed by atoms with Crippen molar-refractivity contribution in [2.24, 2.45) is 0 Å². The molecule has 1 atom stereocenters. The molecule has 0 saturated carbocycles. The van der Waals surface area contributed by atoms with Crippen LogP contribution >= 0.6 is 11.3 Å². The van der Waals surface area contributed by atoms with E-state index in [0.717, 1.165) is 52.2 Å². The van der Waals surface area contributed by atoms with Crippen molar-refractivity contribution in [1.29, 1.82) is 0 Å². The van der Waals surface area contributed by atoms with Gasteiger partial charge in [-0.25, -0.2) is 9.78 Å². The van der Waals surface area contributed by atoms with Gasteiger partial charge in [0.25, 0.3) is 5.91 Å². The summed E-state index contributed by atoms with van der Waals surface area (Å²) in [5.41, 5.74) is 4.12. The molecule has 1 fully saturated rings. The van der Waals surface area contributed by atoms with Crippen LogP contribution in [0.4, 0.5) is 21.9 Å². The topological polar surface area (TPSA) is 86.4 Å². The molecule has 0 spiro atoms. The molecule has 4 heterocycles. The van der Waals surface area contributed by atoms with Crippen LogP contribution in [0.3, 0.4) is 0 Å². The van der Waals surface area contributed by atoms with Gasteiger partial charge in [0, 0.05) is 18.8 Å². The number of rotatable bonds is 4. The summed E-state index contributed by atoms with van der Waals surface area (Å²) in [7, 11) is 0. The van der Waals surface area contributed by atoms with Crippen LogP contribution in [-0.2, 0) is 0 Å². The Hall–Kier alpha value is -3.75. The Morgan fingerprint density at radius 3 is 2.76 bits per heavy atom. The van der Waals surface area contributed by atoms with Crippen molar-refractivity contribution in [3.05, 3.63) is 71.7 Å². The maximum absolute atomic E-state index is 13.3. The minimum absolute atomic E-state index is 0.0962. The second-order valence-electron chi connectivity index (χ2n) is 8.16. The SMILES string of the molecule is O=C(N[C@@H]1CCNC1)c1sc2nccc3c2c1NC(=O)N3c1cccc(-c2ccccc2)c1. The Bertz CT molecular complexity index is 1380. The van der Waals surface area contributed by atoms with E-state index < -0.39 is 0 Å². The molecule has 1 saturated heterocycles. The number of aromatic nitrogens is 1. The third-order valence-electron chi connectivity index (χ3n) is 6.06. The molecule has 3 amide bonds. The minimum atomic E-state index is -0.296. The number of anilines is 3. The Morgan fingerprint density at radius 2 is 1.94 bits per heavy atom. The molecule has 164 valence electrons. The third kappa shape index (κ3) is 3.44. The Morgan fingerprint density at radius 1 is 1.09 bits per heavy atom. The van der Waals surface area contributed by atoms with Gasteiger partial charge in [-0.2, -0.15) is 0 Å². The summed E-state index contributed by atoms with van der Waals surface area (Å²) in [6.45, 7) is 1.65. The van der Waals surface area contributed by atoms with E-state index >= 15 is 0 Å². The van der Waals surface area contributed by atoms with E-state index in [1.165, 1.54) is 11.3 Å². The average Bonchev–Trinajstić information content (AvgIpc) is 3.49. The monoisotopic (exact) mass is 455 g/mol. The second-order valence-corrected chi connectivity index (χ2v) is 9.16. The Labute approximate surface area is 194 Å². The van der Waals surface area contributed by atoms with Crippen LogP contribution in [0.15, 0.2) is 66.9 Å². The van der Waals surface area contributed by atoms with Crippen LogP contribution < -0.4 is 20.9 Å². The molecule has 0 radical (unpaired) electrons. The first kappa shape index (κ1) is 19.9. The molecule has 7 nitrogen and oxygen atoms in total. The summed E-state index contributed by atoms with van der Waals surface area (Å²) in [4.78, 5) is 33.7. The normalized spacial score (nSPS) is 17.3. The number of urea groups is 1. The van der Waals surface area contributed by atoms with Crippen LogP contribution in [0.5, 0.6) is 0 Å². The highest BCUT2D eigenvalue weighted by molar-refractivity contribution is 7.21. The first-order valence-corrected chi connectivity index (χ1v) is 11.7. The van der Waals surface area contributed by atoms with Crippen molar-refractivity contribution < 1.29 is 9.59 Å². The molecule has 2 aliphatic heterocycles. The lowest BCUT2D eigenvalue weighted by Crippen LogP contribution is -2.37. The van der Waals surface area contributed by atoms with Gasteiger partial charge in [-0.05, 0) is 42.3 Å². The van der Waals surface area contributed by atoms with E-state index in [-0.39, 0.29) is 18.0 Å². The molecule has 8 heteroatoms. The number of thiophene rings is 1. The van der Waals surface area contributed by atoms with Gasteiger partial charge in [0.2, 0.25) is 0 Å². The zero-order valence-corrected chi connectivity index (χ0v) is 18.5. The quantitative estimate of drug-likeness (QED) is 0.415. The molecule has 4 aromatic rings. The molecular weight excluding hydrogens is 434 g/mol. The highest BCUT2D eigenvalue weighted by Crippen LogP contribution is 2.46. The van der Waals surface area contributed by atoms with Crippen LogP contribution in [0.1, 0.15) is 16.1 Å². The number of nitrogens with one attached hydrogen (secondary N) is 3. The van der Waals surface area contributed by atoms with Crippen molar-refractivity contribution in [2.75, 3.05) is 23.3 Å². The molecule has 2 aliphatic rings. The molecule has 3 N–H and O–H groups in total. The predicted molar refractivity (Wildman–Crippen MR) is 131 cm³/mol. The number of hydrogen-bond donors (Lipinski definition) is 3. The standard InChI is InChI=1S/C25H21N5O2S/c31-23(28-17-9-11-26-14-17)22-21-20-19(10-12-27-24(20)33-22)30(25(32)29-21)18-8-4-7-16(13-18)15-5-2-1-3-6-15/h1-8,10,12-13,17,26H,9,11,14H2,(H,28,31)(H,29,32)/t17-/m1/s1. The fraction of sp³-hybridized carbons (Fsp3) is 0.160. The summed E-state index contributed by atoms with van der Waals surface area (Å²) in [6.07, 6.45) is 2.58. The number of amides is 3. The summed E-state index contributed by atoms with van der Waals surface area (Å²) in [6, 6.07) is 19.6. The number of nitrogens with zero attached hydrogens (tertiary/aromatic N) is 2. The van der Waals surface area contributed by atoms with Crippen LogP contribution in [-0.4, -0.2) is 36.1 Å². The maximum atomic E-state index is 13.3. The van der Waals surface area contributed by atoms with Crippen molar-refractivity contribution >= 4 is 50.6 Å². The lowest BCUT2D eigenvalue weighted by atomic mass is 10.0. The molecule has 0 aliphatic carbocycles. The van der Waals surface area contributed by atoms with Gasteiger partial charge in [0.15, 0.2) is 0 Å². The first-order valence-electron chi connectivity index (χ1n) is 10.9. The van der Waals surface area contributed by atoms with E-state index in [0.29, 0.717) is 10.6 Å². The van der Waals surface area contributed by atoms with Gasteiger partial charge in [0.05, 0.1) is 22.4 Å². The molecule has 2 aromatic carbocycles. The Balaban J connectivity index is 1.42. The summed E-state index contributed by atoms with van der Waals surface area (Å²) >= 11 is 1.31. The number of carbonyl (C=O) groups excluding carboxylic acids is 2. The summed E-state index contributed by atoms with van der Waals surface area (Å²) in [5.74, 6) is -0.174. The van der Waals surface area contributed by atoms with E-state index in [2.05, 4.69) is 20.9 Å². The zero-order chi connectivity index (χ0) is 22.4. The third-order valence-corrected chi connectivity index (χ3v) is 7.16. The second kappa shape index (κ2) is 7.99. The first-order chi connectivity index (χ1) is 16.2. The molecule has 6 rings (SSSR count). The van der Waals surface area contributed by atoms with Gasteiger partial charge >= 0.3 is 6.03 Å². The fourth-order valence-electron chi connectivity index (χ4n) is 4.48. The molecule has 2 aromatic heterocycles. The minimum Gasteiger partial charge on any atom is -0.347 e. The number of pyridine rings is 1. The van der Waals surface area contributed by atoms with Gasteiger partial charge in [-0.3, -0.25) is 9.69 Å². The number of carbonyl (C=O) groups is 2. The van der Waals surface area contributed by atoms with E-state index in [1.54, 1.807) is 11.1 Å². The lowest BCUT2D eigenvalue weighted by molar-refractivity contribution is 0.0945. The molecular formula is C25H21N5O2S. The maximum Gasteiger partial charge on any atom is 0.331 e. The fourth-order valence-corrected chi connectivity index (χ4v) is 5.51. The average molecular weight is 456 g/mol. The zero-order valence-electron chi connectivity index (χ0n) is 17.7. The van der Waals surface area contributed by atoms with Gasteiger partial charge in [0.1, 0.15) is 9.71 Å². The highest BCUT2D eigenvalue weighted by atomic mass is 32.1. The van der Waals surface area contributed by atoms with Crippen molar-refractivity contribution in [1.82, 2.24) is 15.6 Å². The van der Waals surface area contributed by atoms with Crippen molar-refractivity contribution in [2.45, 2.75) is 12.5 Å². The van der Waals surface area contributed by atoms with E-state index in [1.807, 2.05) is 60.7 Å². The largest absolute Gasteiger partial charge is 0.347 e. The van der Waals surface area contributed by atoms with Gasteiger partial charge in [-0.15, -0.1) is 11.3 Å². The lowest BCUT2D eigenvalue weighted by Gasteiger charge is -2.28. The smallest absolute Gasteiger partial charge is 0.331 e. The summed E-state index contributed by atoms with van der Waals surface area (Å²) < 4.78 is 0. The van der Waals surface area contributed by atoms with Gasteiger partial charge in [-0.1, -0.05) is 42.5 Å².